The zero-order chi connectivity index (χ0) is 14.4. The zero-order valence-electron chi connectivity index (χ0n) is 11.8. The monoisotopic (exact) mass is 337 g/mol. The highest BCUT2D eigenvalue weighted by atomic mass is 79.9. The Kier molecular flexibility index (Phi) is 5.61. The second kappa shape index (κ2) is 7.45. The molecule has 0 saturated carbocycles. The SMILES string of the molecule is CC(C)NCc1cccc(OCCn2cc(Br)cn2)c1. The number of hydrogen-bond donors (Lipinski definition) is 1. The van der Waals surface area contributed by atoms with Crippen LogP contribution in [0.5, 0.6) is 5.75 Å². The maximum Gasteiger partial charge on any atom is 0.119 e. The van der Waals surface area contributed by atoms with E-state index in [0.29, 0.717) is 12.6 Å². The average molecular weight is 338 g/mol. The fourth-order valence-corrected chi connectivity index (χ4v) is 2.11. The molecule has 0 bridgehead atoms. The lowest BCUT2D eigenvalue weighted by Gasteiger charge is -2.10. The predicted octanol–water partition coefficient (Wildman–Crippen LogP) is 3.22. The minimum atomic E-state index is 0.484. The van der Waals surface area contributed by atoms with Crippen molar-refractivity contribution >= 4 is 15.9 Å². The van der Waals surface area contributed by atoms with Gasteiger partial charge in [0.15, 0.2) is 0 Å². The van der Waals surface area contributed by atoms with Gasteiger partial charge in [0.1, 0.15) is 12.4 Å². The summed E-state index contributed by atoms with van der Waals surface area (Å²) >= 11 is 3.38. The number of aromatic nitrogens is 2. The van der Waals surface area contributed by atoms with E-state index < -0.39 is 0 Å². The van der Waals surface area contributed by atoms with Gasteiger partial charge >= 0.3 is 0 Å². The summed E-state index contributed by atoms with van der Waals surface area (Å²) in [6.45, 7) is 6.49. The number of nitrogens with zero attached hydrogens (tertiary/aromatic N) is 2. The van der Waals surface area contributed by atoms with Crippen LogP contribution in [0.2, 0.25) is 0 Å². The number of ether oxygens (including phenoxy) is 1. The molecule has 1 aromatic carbocycles. The molecule has 1 aromatic heterocycles. The Bertz CT molecular complexity index is 539. The maximum atomic E-state index is 5.76. The highest BCUT2D eigenvalue weighted by Crippen LogP contribution is 2.13. The van der Waals surface area contributed by atoms with Crippen LogP contribution in [0.4, 0.5) is 0 Å². The maximum absolute atomic E-state index is 5.76. The van der Waals surface area contributed by atoms with Crippen molar-refractivity contribution in [2.75, 3.05) is 6.61 Å². The predicted molar refractivity (Wildman–Crippen MR) is 83.8 cm³/mol. The Morgan fingerprint density at radius 2 is 2.25 bits per heavy atom. The van der Waals surface area contributed by atoms with Gasteiger partial charge < -0.3 is 10.1 Å². The summed E-state index contributed by atoms with van der Waals surface area (Å²) in [5.41, 5.74) is 1.23. The zero-order valence-corrected chi connectivity index (χ0v) is 13.4. The molecule has 0 radical (unpaired) electrons. The van der Waals surface area contributed by atoms with E-state index in [9.17, 15) is 0 Å². The van der Waals surface area contributed by atoms with Crippen molar-refractivity contribution in [3.05, 3.63) is 46.7 Å². The lowest BCUT2D eigenvalue weighted by molar-refractivity contribution is 0.291. The summed E-state index contributed by atoms with van der Waals surface area (Å²) in [6.07, 6.45) is 3.71. The second-order valence-electron chi connectivity index (χ2n) is 4.95. The largest absolute Gasteiger partial charge is 0.492 e. The van der Waals surface area contributed by atoms with Gasteiger partial charge in [-0.2, -0.15) is 5.10 Å². The summed E-state index contributed by atoms with van der Waals surface area (Å²) in [5, 5.41) is 7.59. The summed E-state index contributed by atoms with van der Waals surface area (Å²) in [5.74, 6) is 0.902. The first-order chi connectivity index (χ1) is 9.63. The van der Waals surface area contributed by atoms with Crippen LogP contribution in [-0.4, -0.2) is 22.4 Å². The van der Waals surface area contributed by atoms with Crippen LogP contribution in [0.3, 0.4) is 0 Å². The standard InChI is InChI=1S/C15H20BrN3O/c1-12(2)17-9-13-4-3-5-15(8-13)20-7-6-19-11-14(16)10-18-19/h3-5,8,10-12,17H,6-7,9H2,1-2H3. The number of benzene rings is 1. The minimum absolute atomic E-state index is 0.484. The minimum Gasteiger partial charge on any atom is -0.492 e. The molecule has 0 atom stereocenters. The first kappa shape index (κ1) is 15.1. The fraction of sp³-hybridized carbons (Fsp3) is 0.400. The Morgan fingerprint density at radius 1 is 1.40 bits per heavy atom. The van der Waals surface area contributed by atoms with E-state index in [2.05, 4.69) is 52.3 Å². The third-order valence-electron chi connectivity index (χ3n) is 2.80. The Labute approximate surface area is 128 Å². The van der Waals surface area contributed by atoms with E-state index in [-0.39, 0.29) is 0 Å². The number of rotatable bonds is 7. The van der Waals surface area contributed by atoms with Crippen LogP contribution < -0.4 is 10.1 Å². The van der Waals surface area contributed by atoms with Crippen molar-refractivity contribution in [3.63, 3.8) is 0 Å². The van der Waals surface area contributed by atoms with Gasteiger partial charge in [-0.1, -0.05) is 26.0 Å². The molecular weight excluding hydrogens is 318 g/mol. The third-order valence-corrected chi connectivity index (χ3v) is 3.21. The van der Waals surface area contributed by atoms with Crippen molar-refractivity contribution < 1.29 is 4.74 Å². The van der Waals surface area contributed by atoms with Crippen LogP contribution in [0.15, 0.2) is 41.1 Å². The van der Waals surface area contributed by atoms with Crippen molar-refractivity contribution in [2.24, 2.45) is 0 Å². The summed E-state index contributed by atoms with van der Waals surface area (Å²) in [6, 6.07) is 8.67. The van der Waals surface area contributed by atoms with E-state index in [1.807, 2.05) is 23.0 Å². The van der Waals surface area contributed by atoms with Crippen LogP contribution in [0, 0.1) is 0 Å². The van der Waals surface area contributed by atoms with Gasteiger partial charge in [-0.05, 0) is 33.6 Å². The summed E-state index contributed by atoms with van der Waals surface area (Å²) in [7, 11) is 0. The van der Waals surface area contributed by atoms with Crippen molar-refractivity contribution in [3.8, 4) is 5.75 Å². The lowest BCUT2D eigenvalue weighted by atomic mass is 10.2. The molecule has 2 rings (SSSR count). The lowest BCUT2D eigenvalue weighted by Crippen LogP contribution is -2.21. The van der Waals surface area contributed by atoms with Gasteiger partial charge in [-0.25, -0.2) is 0 Å². The van der Waals surface area contributed by atoms with Crippen molar-refractivity contribution in [1.82, 2.24) is 15.1 Å². The molecule has 1 N–H and O–H groups in total. The number of nitrogens with one attached hydrogen (secondary N) is 1. The number of hydrogen-bond acceptors (Lipinski definition) is 3. The van der Waals surface area contributed by atoms with Crippen molar-refractivity contribution in [1.29, 1.82) is 0 Å². The summed E-state index contributed by atoms with van der Waals surface area (Å²) in [4.78, 5) is 0. The van der Waals surface area contributed by atoms with Gasteiger partial charge in [0, 0.05) is 18.8 Å². The van der Waals surface area contributed by atoms with Crippen molar-refractivity contribution in [2.45, 2.75) is 33.0 Å². The molecule has 0 amide bonds. The highest BCUT2D eigenvalue weighted by molar-refractivity contribution is 9.10. The topological polar surface area (TPSA) is 39.1 Å². The third kappa shape index (κ3) is 4.98. The summed E-state index contributed by atoms with van der Waals surface area (Å²) < 4.78 is 8.60. The van der Waals surface area contributed by atoms with Gasteiger partial charge in [0.2, 0.25) is 0 Å². The molecular formula is C15H20BrN3O. The van der Waals surface area contributed by atoms with Gasteiger partial charge in [0.05, 0.1) is 17.2 Å². The highest BCUT2D eigenvalue weighted by Gasteiger charge is 2.00. The number of halogens is 1. The average Bonchev–Trinajstić information content (AvgIpc) is 2.83. The molecule has 0 aliphatic heterocycles. The first-order valence-electron chi connectivity index (χ1n) is 6.76. The molecule has 5 heteroatoms. The quantitative estimate of drug-likeness (QED) is 0.843. The van der Waals surface area contributed by atoms with Crippen LogP contribution >= 0.6 is 15.9 Å². The first-order valence-corrected chi connectivity index (χ1v) is 7.56. The normalized spacial score (nSPS) is 11.0. The second-order valence-corrected chi connectivity index (χ2v) is 5.87. The fourth-order valence-electron chi connectivity index (χ4n) is 1.78. The van der Waals surface area contributed by atoms with E-state index in [1.54, 1.807) is 6.20 Å². The van der Waals surface area contributed by atoms with E-state index in [4.69, 9.17) is 4.74 Å². The van der Waals surface area contributed by atoms with Gasteiger partial charge in [-0.15, -0.1) is 0 Å². The molecule has 20 heavy (non-hydrogen) atoms. The molecule has 0 saturated heterocycles. The van der Waals surface area contributed by atoms with Gasteiger partial charge in [-0.3, -0.25) is 4.68 Å². The molecule has 2 aromatic rings. The Morgan fingerprint density at radius 3 is 2.95 bits per heavy atom. The molecule has 108 valence electrons. The van der Waals surface area contributed by atoms with Crippen LogP contribution in [-0.2, 0) is 13.1 Å². The van der Waals surface area contributed by atoms with E-state index >= 15 is 0 Å². The molecule has 0 aliphatic carbocycles. The molecule has 0 aliphatic rings. The van der Waals surface area contributed by atoms with E-state index in [0.717, 1.165) is 23.3 Å². The van der Waals surface area contributed by atoms with Gasteiger partial charge in [0.25, 0.3) is 0 Å². The molecule has 0 spiro atoms. The Balaban J connectivity index is 1.81. The van der Waals surface area contributed by atoms with Crippen LogP contribution in [0.1, 0.15) is 19.4 Å². The van der Waals surface area contributed by atoms with E-state index in [1.165, 1.54) is 5.56 Å². The molecule has 1 heterocycles. The molecule has 0 fully saturated rings. The Hall–Kier alpha value is -1.33. The molecule has 4 nitrogen and oxygen atoms in total. The molecule has 0 unspecified atom stereocenters. The van der Waals surface area contributed by atoms with Crippen LogP contribution in [0.25, 0.3) is 0 Å². The smallest absolute Gasteiger partial charge is 0.119 e.